The number of Topliss-reactive ketones (excluding diaryl/α,β-unsaturated/α-hetero) is 1. The Balaban J connectivity index is 1.49. The summed E-state index contributed by atoms with van der Waals surface area (Å²) in [5.41, 5.74) is 7.85. The van der Waals surface area contributed by atoms with Crippen LogP contribution >= 0.6 is 0 Å². The molecule has 5 aromatic rings. The van der Waals surface area contributed by atoms with Crippen molar-refractivity contribution in [2.24, 2.45) is 0 Å². The molecule has 5 rings (SSSR count). The summed E-state index contributed by atoms with van der Waals surface area (Å²) < 4.78 is 15.1. The highest BCUT2D eigenvalue weighted by atomic mass is 19.1. The second kappa shape index (κ2) is 10.5. The highest BCUT2D eigenvalue weighted by molar-refractivity contribution is 6.14. The molecule has 0 atom stereocenters. The maximum absolute atomic E-state index is 13.8. The number of ketones is 1. The molecule has 0 fully saturated rings. The Bertz CT molecular complexity index is 1660. The van der Waals surface area contributed by atoms with Gasteiger partial charge < -0.3 is 10.3 Å². The first-order valence-corrected chi connectivity index (χ1v) is 12.7. The Labute approximate surface area is 221 Å². The number of halogens is 1. The molecule has 6 nitrogen and oxygen atoms in total. The smallest absolute Gasteiger partial charge is 0.194 e. The minimum Gasteiger partial charge on any atom is -0.372 e. The molecule has 2 heterocycles. The van der Waals surface area contributed by atoms with Gasteiger partial charge in [-0.1, -0.05) is 43.7 Å². The molecule has 0 spiro atoms. The fourth-order valence-electron chi connectivity index (χ4n) is 4.75. The summed E-state index contributed by atoms with van der Waals surface area (Å²) in [6.07, 6.45) is 5.09. The lowest BCUT2D eigenvalue weighted by Crippen LogP contribution is -2.09. The quantitative estimate of drug-likeness (QED) is 0.171. The number of hydrogen-bond donors (Lipinski definition) is 2. The number of fused-ring (bicyclic) bond motifs is 1. The van der Waals surface area contributed by atoms with E-state index in [2.05, 4.69) is 33.4 Å². The van der Waals surface area contributed by atoms with Crippen molar-refractivity contribution >= 4 is 28.7 Å². The van der Waals surface area contributed by atoms with Crippen LogP contribution in [0.2, 0.25) is 0 Å². The van der Waals surface area contributed by atoms with Gasteiger partial charge in [-0.3, -0.25) is 4.79 Å². The number of nitrogens with zero attached hydrogens (tertiary/aromatic N) is 3. The molecule has 0 aliphatic carbocycles. The molecule has 2 N–H and O–H groups in total. The second-order valence-electron chi connectivity index (χ2n) is 9.42. The summed E-state index contributed by atoms with van der Waals surface area (Å²) in [6.45, 7) is 6.01. The lowest BCUT2D eigenvalue weighted by atomic mass is 9.95. The number of carbonyl (C=O) groups excluding carboxylic acids is 1. The van der Waals surface area contributed by atoms with Gasteiger partial charge in [0.15, 0.2) is 5.78 Å². The summed E-state index contributed by atoms with van der Waals surface area (Å²) in [7, 11) is 1.80. The number of hydrogen-bond acceptors (Lipinski definition) is 4. The first-order valence-electron chi connectivity index (χ1n) is 12.7. The summed E-state index contributed by atoms with van der Waals surface area (Å²) >= 11 is 0. The number of aromatic nitrogens is 4. The fraction of sp³-hybridized carbons (Fsp3) is 0.194. The zero-order valence-corrected chi connectivity index (χ0v) is 22.0. The largest absolute Gasteiger partial charge is 0.372 e. The molecule has 0 aliphatic heterocycles. The molecular formula is C31H30FN5O. The third-order valence-electron chi connectivity index (χ3n) is 6.67. The molecule has 38 heavy (non-hydrogen) atoms. The Morgan fingerprint density at radius 1 is 1.05 bits per heavy atom. The van der Waals surface area contributed by atoms with Gasteiger partial charge in [-0.05, 0) is 78.9 Å². The predicted octanol–water partition coefficient (Wildman–Crippen LogP) is 7.28. The van der Waals surface area contributed by atoms with Crippen LogP contribution in [-0.2, 0) is 0 Å². The average molecular weight is 508 g/mol. The molecule has 0 radical (unpaired) electrons. The molecule has 7 heteroatoms. The van der Waals surface area contributed by atoms with Crippen LogP contribution in [0.3, 0.4) is 0 Å². The molecule has 0 aliphatic rings. The average Bonchev–Trinajstić information content (AvgIpc) is 3.51. The maximum atomic E-state index is 13.8. The van der Waals surface area contributed by atoms with Crippen molar-refractivity contribution in [3.63, 3.8) is 0 Å². The highest BCUT2D eigenvalue weighted by Crippen LogP contribution is 2.28. The van der Waals surface area contributed by atoms with E-state index >= 15 is 0 Å². The van der Waals surface area contributed by atoms with Crippen LogP contribution in [-0.4, -0.2) is 32.6 Å². The number of rotatable bonds is 8. The lowest BCUT2D eigenvalue weighted by molar-refractivity contribution is 0.103. The van der Waals surface area contributed by atoms with Crippen LogP contribution < -0.4 is 5.32 Å². The van der Waals surface area contributed by atoms with Crippen molar-refractivity contribution in [3.8, 4) is 16.8 Å². The number of carbonyl (C=O) groups is 1. The predicted molar refractivity (Wildman–Crippen MR) is 151 cm³/mol. The second-order valence-corrected chi connectivity index (χ2v) is 9.42. The third kappa shape index (κ3) is 4.87. The standard InChI is InChI=1S/C31H30FN5O/c1-5-6-24(16-22-7-8-23(15-19(22)2)21-9-11-25(32)12-10-21)30(38)27-18-34-37(31(27)33-4)26-13-14-28-29(17-26)36-20(3)35-28/h7-18,33H,5-6H2,1-4H3,(H,35,36)/b24-16+. The monoisotopic (exact) mass is 507 g/mol. The number of nitrogens with one attached hydrogen (secondary N) is 2. The summed E-state index contributed by atoms with van der Waals surface area (Å²) in [4.78, 5) is 21.5. The van der Waals surface area contributed by atoms with E-state index in [0.29, 0.717) is 17.8 Å². The molecule has 0 unspecified atom stereocenters. The Morgan fingerprint density at radius 3 is 2.53 bits per heavy atom. The molecule has 0 saturated heterocycles. The lowest BCUT2D eigenvalue weighted by Gasteiger charge is -2.11. The van der Waals surface area contributed by atoms with Crippen LogP contribution in [0.4, 0.5) is 10.2 Å². The SMILES string of the molecule is CCC/C(=C\c1ccc(-c2ccc(F)cc2)cc1C)C(=O)c1cnn(-c2ccc3nc(C)[nH]c3c2)c1NC. The van der Waals surface area contributed by atoms with Crippen molar-refractivity contribution < 1.29 is 9.18 Å². The van der Waals surface area contributed by atoms with Gasteiger partial charge in [0.1, 0.15) is 17.5 Å². The van der Waals surface area contributed by atoms with Crippen molar-refractivity contribution in [3.05, 3.63) is 101 Å². The van der Waals surface area contributed by atoms with Gasteiger partial charge in [-0.2, -0.15) is 5.10 Å². The van der Waals surface area contributed by atoms with Gasteiger partial charge in [0, 0.05) is 12.6 Å². The Kier molecular flexibility index (Phi) is 6.92. The number of benzene rings is 3. The summed E-state index contributed by atoms with van der Waals surface area (Å²) in [6, 6.07) is 18.4. The zero-order valence-electron chi connectivity index (χ0n) is 22.0. The van der Waals surface area contributed by atoms with Gasteiger partial charge in [-0.15, -0.1) is 0 Å². The minimum atomic E-state index is -0.256. The van der Waals surface area contributed by atoms with Gasteiger partial charge in [0.2, 0.25) is 0 Å². The molecule has 0 saturated carbocycles. The fourth-order valence-corrected chi connectivity index (χ4v) is 4.75. The summed E-state index contributed by atoms with van der Waals surface area (Å²) in [5.74, 6) is 1.17. The van der Waals surface area contributed by atoms with Crippen LogP contribution in [0.5, 0.6) is 0 Å². The van der Waals surface area contributed by atoms with E-state index < -0.39 is 0 Å². The molecule has 0 amide bonds. The highest BCUT2D eigenvalue weighted by Gasteiger charge is 2.21. The van der Waals surface area contributed by atoms with Gasteiger partial charge in [-0.25, -0.2) is 14.1 Å². The van der Waals surface area contributed by atoms with E-state index in [9.17, 15) is 9.18 Å². The Morgan fingerprint density at radius 2 is 1.82 bits per heavy atom. The van der Waals surface area contributed by atoms with E-state index in [-0.39, 0.29) is 11.6 Å². The number of imidazole rings is 1. The third-order valence-corrected chi connectivity index (χ3v) is 6.67. The van der Waals surface area contributed by atoms with Crippen molar-refractivity contribution in [1.82, 2.24) is 19.7 Å². The minimum absolute atomic E-state index is 0.0528. The van der Waals surface area contributed by atoms with E-state index in [1.807, 2.05) is 50.3 Å². The molecule has 2 aromatic heterocycles. The number of anilines is 1. The first-order chi connectivity index (χ1) is 18.4. The normalized spacial score (nSPS) is 11.8. The van der Waals surface area contributed by atoms with Gasteiger partial charge in [0.05, 0.1) is 28.5 Å². The molecular weight excluding hydrogens is 477 g/mol. The molecule has 3 aromatic carbocycles. The van der Waals surface area contributed by atoms with Crippen LogP contribution in [0, 0.1) is 19.7 Å². The Hall–Kier alpha value is -4.52. The van der Waals surface area contributed by atoms with Gasteiger partial charge in [0.25, 0.3) is 0 Å². The van der Waals surface area contributed by atoms with E-state index in [4.69, 9.17) is 0 Å². The van der Waals surface area contributed by atoms with Crippen molar-refractivity contribution in [2.45, 2.75) is 33.6 Å². The van der Waals surface area contributed by atoms with Crippen LogP contribution in [0.25, 0.3) is 33.9 Å². The van der Waals surface area contributed by atoms with Crippen LogP contribution in [0.1, 0.15) is 47.1 Å². The van der Waals surface area contributed by atoms with Crippen molar-refractivity contribution in [2.75, 3.05) is 12.4 Å². The van der Waals surface area contributed by atoms with Crippen molar-refractivity contribution in [1.29, 1.82) is 0 Å². The van der Waals surface area contributed by atoms with Crippen LogP contribution in [0.15, 0.2) is 72.4 Å². The summed E-state index contributed by atoms with van der Waals surface area (Å²) in [5, 5.41) is 7.73. The maximum Gasteiger partial charge on any atom is 0.194 e. The van der Waals surface area contributed by atoms with E-state index in [0.717, 1.165) is 56.8 Å². The number of aromatic amines is 1. The number of aryl methyl sites for hydroxylation is 2. The van der Waals surface area contributed by atoms with Gasteiger partial charge >= 0.3 is 0 Å². The van der Waals surface area contributed by atoms with E-state index in [1.54, 1.807) is 30.1 Å². The molecule has 192 valence electrons. The zero-order chi connectivity index (χ0) is 26.8. The number of H-pyrrole nitrogens is 1. The first kappa shape index (κ1) is 25.1. The molecule has 0 bridgehead atoms. The van der Waals surface area contributed by atoms with E-state index in [1.165, 1.54) is 12.1 Å². The number of allylic oxidation sites excluding steroid dienone is 1. The topological polar surface area (TPSA) is 75.6 Å².